The molecule has 1 aliphatic carbocycles. The molecule has 102 valence electrons. The van der Waals surface area contributed by atoms with Gasteiger partial charge < -0.3 is 4.74 Å². The summed E-state index contributed by atoms with van der Waals surface area (Å²) in [6.45, 7) is 0. The van der Waals surface area contributed by atoms with E-state index in [0.29, 0.717) is 0 Å². The van der Waals surface area contributed by atoms with Crippen LogP contribution in [-0.4, -0.2) is 12.7 Å². The number of thiophene rings is 1. The molecule has 0 spiro atoms. The molecule has 3 rings (SSSR count). The third kappa shape index (κ3) is 2.09. The molecular formula is C15H20N2OS. The van der Waals surface area contributed by atoms with E-state index < -0.39 is 0 Å². The lowest BCUT2D eigenvalue weighted by atomic mass is 9.87. The summed E-state index contributed by atoms with van der Waals surface area (Å²) in [6.07, 6.45) is 4.57. The van der Waals surface area contributed by atoms with Gasteiger partial charge in [-0.1, -0.05) is 31.0 Å². The fraction of sp³-hybridized carbons (Fsp3) is 0.467. The lowest BCUT2D eigenvalue weighted by Crippen LogP contribution is -2.46. The first-order valence-corrected chi connectivity index (χ1v) is 7.66. The highest BCUT2D eigenvalue weighted by atomic mass is 32.1. The highest BCUT2D eigenvalue weighted by Crippen LogP contribution is 2.44. The van der Waals surface area contributed by atoms with Crippen LogP contribution < -0.4 is 11.3 Å². The summed E-state index contributed by atoms with van der Waals surface area (Å²) in [4.78, 5) is 0. The maximum Gasteiger partial charge on any atom is 0.0885 e. The summed E-state index contributed by atoms with van der Waals surface area (Å²) in [6, 6.07) is 8.64. The molecule has 19 heavy (non-hydrogen) atoms. The lowest BCUT2D eigenvalue weighted by molar-refractivity contribution is -0.0364. The fourth-order valence-electron chi connectivity index (χ4n) is 3.35. The van der Waals surface area contributed by atoms with Crippen molar-refractivity contribution in [2.24, 2.45) is 5.84 Å². The second kappa shape index (κ2) is 5.21. The smallest absolute Gasteiger partial charge is 0.0885 e. The summed E-state index contributed by atoms with van der Waals surface area (Å²) in [5.74, 6) is 5.88. The number of hydrazine groups is 1. The van der Waals surface area contributed by atoms with Gasteiger partial charge in [0.2, 0.25) is 0 Å². The van der Waals surface area contributed by atoms with Crippen LogP contribution in [0.25, 0.3) is 10.1 Å². The summed E-state index contributed by atoms with van der Waals surface area (Å²) in [7, 11) is 1.81. The molecule has 0 amide bonds. The summed E-state index contributed by atoms with van der Waals surface area (Å²) in [5.41, 5.74) is 4.12. The molecule has 2 aromatic rings. The van der Waals surface area contributed by atoms with Gasteiger partial charge in [-0.05, 0) is 35.2 Å². The molecule has 3 nitrogen and oxygen atoms in total. The van der Waals surface area contributed by atoms with Crippen molar-refractivity contribution in [2.45, 2.75) is 37.3 Å². The highest BCUT2D eigenvalue weighted by Gasteiger charge is 2.42. The molecule has 1 atom stereocenters. The van der Waals surface area contributed by atoms with E-state index >= 15 is 0 Å². The standard InChI is InChI=1S/C15H20N2OS/c1-18-15(8-2-3-9-15)14(17-16)12-6-4-5-11-7-10-19-13(11)12/h4-7,10,14,17H,2-3,8-9,16H2,1H3. The Morgan fingerprint density at radius 2 is 2.11 bits per heavy atom. The number of ether oxygens (including phenoxy) is 1. The normalized spacial score (nSPS) is 19.9. The van der Waals surface area contributed by atoms with Crippen LogP contribution in [0.4, 0.5) is 0 Å². The summed E-state index contributed by atoms with van der Waals surface area (Å²) >= 11 is 1.77. The largest absolute Gasteiger partial charge is 0.376 e. The molecule has 0 saturated heterocycles. The average Bonchev–Trinajstić information content (AvgIpc) is 3.09. The van der Waals surface area contributed by atoms with Crippen LogP contribution in [0.1, 0.15) is 37.3 Å². The van der Waals surface area contributed by atoms with Crippen molar-refractivity contribution in [1.82, 2.24) is 5.43 Å². The summed E-state index contributed by atoms with van der Waals surface area (Å²) < 4.78 is 7.21. The van der Waals surface area contributed by atoms with Crippen molar-refractivity contribution in [2.75, 3.05) is 7.11 Å². The van der Waals surface area contributed by atoms with Crippen LogP contribution in [0.5, 0.6) is 0 Å². The van der Waals surface area contributed by atoms with Gasteiger partial charge >= 0.3 is 0 Å². The zero-order valence-electron chi connectivity index (χ0n) is 11.2. The van der Waals surface area contributed by atoms with E-state index in [1.807, 2.05) is 7.11 Å². The Hall–Kier alpha value is -0.940. The number of hydrogen-bond donors (Lipinski definition) is 2. The number of nitrogens with one attached hydrogen (secondary N) is 1. The van der Waals surface area contributed by atoms with E-state index in [9.17, 15) is 0 Å². The van der Waals surface area contributed by atoms with Gasteiger partial charge in [-0.2, -0.15) is 0 Å². The van der Waals surface area contributed by atoms with Gasteiger partial charge in [-0.25, -0.2) is 0 Å². The van der Waals surface area contributed by atoms with Gasteiger partial charge in [0.1, 0.15) is 0 Å². The van der Waals surface area contributed by atoms with Crippen molar-refractivity contribution in [1.29, 1.82) is 0 Å². The number of fused-ring (bicyclic) bond motifs is 1. The Labute approximate surface area is 117 Å². The molecule has 1 aromatic heterocycles. The van der Waals surface area contributed by atoms with E-state index in [1.165, 1.54) is 28.5 Å². The maximum absolute atomic E-state index is 5.89. The average molecular weight is 276 g/mol. The van der Waals surface area contributed by atoms with E-state index in [2.05, 4.69) is 35.1 Å². The first-order valence-electron chi connectivity index (χ1n) is 6.78. The van der Waals surface area contributed by atoms with Crippen molar-refractivity contribution >= 4 is 21.4 Å². The molecule has 1 aliphatic rings. The molecule has 0 bridgehead atoms. The summed E-state index contributed by atoms with van der Waals surface area (Å²) in [5, 5.41) is 3.42. The van der Waals surface area contributed by atoms with Crippen LogP contribution in [0.2, 0.25) is 0 Å². The Morgan fingerprint density at radius 1 is 1.32 bits per heavy atom. The van der Waals surface area contributed by atoms with Gasteiger partial charge in [0.25, 0.3) is 0 Å². The van der Waals surface area contributed by atoms with Crippen LogP contribution in [0.3, 0.4) is 0 Å². The van der Waals surface area contributed by atoms with Gasteiger partial charge in [0.05, 0.1) is 11.6 Å². The van der Waals surface area contributed by atoms with Crippen molar-refractivity contribution in [3.63, 3.8) is 0 Å². The minimum atomic E-state index is -0.160. The molecule has 1 saturated carbocycles. The van der Waals surface area contributed by atoms with Crippen molar-refractivity contribution in [3.8, 4) is 0 Å². The third-order valence-electron chi connectivity index (χ3n) is 4.37. The van der Waals surface area contributed by atoms with E-state index in [1.54, 1.807) is 11.3 Å². The lowest BCUT2D eigenvalue weighted by Gasteiger charge is -2.36. The van der Waals surface area contributed by atoms with Gasteiger partial charge in [-0.15, -0.1) is 11.3 Å². The minimum Gasteiger partial charge on any atom is -0.376 e. The fourth-order valence-corrected chi connectivity index (χ4v) is 4.30. The molecule has 1 unspecified atom stereocenters. The molecule has 1 heterocycles. The Kier molecular flexibility index (Phi) is 3.58. The minimum absolute atomic E-state index is 0.0577. The number of methoxy groups -OCH3 is 1. The number of hydrogen-bond acceptors (Lipinski definition) is 4. The Morgan fingerprint density at radius 3 is 2.79 bits per heavy atom. The third-order valence-corrected chi connectivity index (χ3v) is 5.35. The van der Waals surface area contributed by atoms with Crippen molar-refractivity contribution in [3.05, 3.63) is 35.2 Å². The second-order valence-corrected chi connectivity index (χ2v) is 6.18. The quantitative estimate of drug-likeness (QED) is 0.665. The maximum atomic E-state index is 5.89. The van der Waals surface area contributed by atoms with Gasteiger partial charge in [0, 0.05) is 11.8 Å². The van der Waals surface area contributed by atoms with Gasteiger partial charge in [-0.3, -0.25) is 11.3 Å². The number of nitrogens with two attached hydrogens (primary N) is 1. The molecule has 1 fully saturated rings. The second-order valence-electron chi connectivity index (χ2n) is 5.26. The monoisotopic (exact) mass is 276 g/mol. The van der Waals surface area contributed by atoms with Crippen LogP contribution >= 0.6 is 11.3 Å². The Bertz CT molecular complexity index is 560. The van der Waals surface area contributed by atoms with E-state index in [4.69, 9.17) is 10.6 Å². The highest BCUT2D eigenvalue weighted by molar-refractivity contribution is 7.17. The van der Waals surface area contributed by atoms with E-state index in [-0.39, 0.29) is 11.6 Å². The molecular weight excluding hydrogens is 256 g/mol. The molecule has 0 radical (unpaired) electrons. The zero-order valence-corrected chi connectivity index (χ0v) is 12.0. The van der Waals surface area contributed by atoms with Crippen molar-refractivity contribution < 1.29 is 4.74 Å². The van der Waals surface area contributed by atoms with Gasteiger partial charge in [0.15, 0.2) is 0 Å². The predicted molar refractivity (Wildman–Crippen MR) is 80.1 cm³/mol. The SMILES string of the molecule is COC1(C(NN)c2cccc3ccsc23)CCCC1. The molecule has 1 aromatic carbocycles. The van der Waals surface area contributed by atoms with E-state index in [0.717, 1.165) is 12.8 Å². The topological polar surface area (TPSA) is 47.3 Å². The number of benzene rings is 1. The zero-order chi connectivity index (χ0) is 13.3. The number of rotatable bonds is 4. The van der Waals surface area contributed by atoms with Crippen LogP contribution in [0, 0.1) is 0 Å². The first-order chi connectivity index (χ1) is 9.30. The van der Waals surface area contributed by atoms with Crippen LogP contribution in [0.15, 0.2) is 29.6 Å². The van der Waals surface area contributed by atoms with Crippen LogP contribution in [-0.2, 0) is 4.74 Å². The molecule has 0 aliphatic heterocycles. The first kappa shape index (κ1) is 13.1. The molecule has 3 N–H and O–H groups in total. The molecule has 4 heteroatoms. The predicted octanol–water partition coefficient (Wildman–Crippen LogP) is 3.36. The Balaban J connectivity index is 2.09.